The fourth-order valence-corrected chi connectivity index (χ4v) is 1.68. The summed E-state index contributed by atoms with van der Waals surface area (Å²) in [5.74, 6) is -0.727. The molecule has 3 N–H and O–H groups in total. The number of carbonyl (C=O) groups is 2. The molecule has 0 aliphatic heterocycles. The third-order valence-electron chi connectivity index (χ3n) is 2.42. The lowest BCUT2D eigenvalue weighted by Crippen LogP contribution is -2.41. The van der Waals surface area contributed by atoms with Gasteiger partial charge in [-0.2, -0.15) is 0 Å². The zero-order valence-corrected chi connectivity index (χ0v) is 12.3. The Morgan fingerprint density at radius 2 is 2.05 bits per heavy atom. The van der Waals surface area contributed by atoms with Gasteiger partial charge >= 0.3 is 12.0 Å². The minimum Gasteiger partial charge on any atom is -0.482 e. The fraction of sp³-hybridized carbons (Fsp3) is 0.429. The number of aliphatic hydroxyl groups is 1. The highest BCUT2D eigenvalue weighted by Gasteiger charge is 2.19. The van der Waals surface area contributed by atoms with E-state index in [4.69, 9.17) is 9.84 Å². The summed E-state index contributed by atoms with van der Waals surface area (Å²) in [6, 6.07) is 6.04. The number of aliphatic carboxylic acids is 1. The topological polar surface area (TPSA) is 99.1 Å². The minimum absolute atomic E-state index is 0.175. The molecule has 0 aromatic heterocycles. The molecule has 0 atom stereocenters. The van der Waals surface area contributed by atoms with Gasteiger partial charge in [-0.25, -0.2) is 9.59 Å². The number of benzene rings is 1. The summed E-state index contributed by atoms with van der Waals surface area (Å²) in [5, 5.41) is 20.9. The number of carbonyl (C=O) groups excluding carboxylic acids is 1. The number of hydrogen-bond acceptors (Lipinski definition) is 4. The second kappa shape index (κ2) is 6.94. The van der Waals surface area contributed by atoms with Crippen molar-refractivity contribution >= 4 is 17.7 Å². The third kappa shape index (κ3) is 6.62. The number of anilines is 1. The number of hydrogen-bond donors (Lipinski definition) is 3. The summed E-state index contributed by atoms with van der Waals surface area (Å²) < 4.78 is 5.03. The van der Waals surface area contributed by atoms with Crippen molar-refractivity contribution in [2.45, 2.75) is 19.4 Å². The SMILES string of the molecule is CN(CC(C)(C)O)C(=O)Nc1cccc(OCC(=O)O)c1. The molecule has 1 rings (SSSR count). The predicted octanol–water partition coefficient (Wildman–Crippen LogP) is 1.38. The molecule has 21 heavy (non-hydrogen) atoms. The van der Waals surface area contributed by atoms with Gasteiger partial charge < -0.3 is 25.2 Å². The molecule has 1 aromatic rings. The van der Waals surface area contributed by atoms with Gasteiger partial charge in [0.25, 0.3) is 0 Å². The maximum Gasteiger partial charge on any atom is 0.341 e. The molecule has 0 aliphatic carbocycles. The van der Waals surface area contributed by atoms with Crippen LogP contribution in [0.3, 0.4) is 0 Å². The Morgan fingerprint density at radius 3 is 2.62 bits per heavy atom. The molecule has 0 aliphatic rings. The first-order valence-electron chi connectivity index (χ1n) is 6.36. The molecule has 0 heterocycles. The number of nitrogens with zero attached hydrogens (tertiary/aromatic N) is 1. The monoisotopic (exact) mass is 296 g/mol. The summed E-state index contributed by atoms with van der Waals surface area (Å²) in [4.78, 5) is 23.7. The molecule has 0 unspecified atom stereocenters. The van der Waals surface area contributed by atoms with Gasteiger partial charge in [0, 0.05) is 18.8 Å². The highest BCUT2D eigenvalue weighted by molar-refractivity contribution is 5.89. The van der Waals surface area contributed by atoms with E-state index in [0.717, 1.165) is 0 Å². The maximum absolute atomic E-state index is 11.9. The van der Waals surface area contributed by atoms with E-state index in [1.54, 1.807) is 39.1 Å². The van der Waals surface area contributed by atoms with Gasteiger partial charge in [-0.1, -0.05) is 6.07 Å². The zero-order valence-electron chi connectivity index (χ0n) is 12.3. The number of urea groups is 1. The van der Waals surface area contributed by atoms with Crippen LogP contribution in [-0.2, 0) is 4.79 Å². The van der Waals surface area contributed by atoms with E-state index < -0.39 is 18.2 Å². The van der Waals surface area contributed by atoms with Crippen LogP contribution in [0.1, 0.15) is 13.8 Å². The predicted molar refractivity (Wildman–Crippen MR) is 77.5 cm³/mol. The van der Waals surface area contributed by atoms with E-state index in [1.165, 1.54) is 11.0 Å². The third-order valence-corrected chi connectivity index (χ3v) is 2.42. The Hall–Kier alpha value is -2.28. The number of nitrogens with one attached hydrogen (secondary N) is 1. The average Bonchev–Trinajstić information content (AvgIpc) is 2.34. The highest BCUT2D eigenvalue weighted by Crippen LogP contribution is 2.18. The van der Waals surface area contributed by atoms with Crippen molar-refractivity contribution in [1.82, 2.24) is 4.90 Å². The largest absolute Gasteiger partial charge is 0.482 e. The van der Waals surface area contributed by atoms with Crippen LogP contribution in [-0.4, -0.2) is 52.9 Å². The van der Waals surface area contributed by atoms with E-state index in [-0.39, 0.29) is 12.6 Å². The zero-order chi connectivity index (χ0) is 16.0. The van der Waals surface area contributed by atoms with Crippen LogP contribution in [0.5, 0.6) is 5.75 Å². The lowest BCUT2D eigenvalue weighted by molar-refractivity contribution is -0.139. The van der Waals surface area contributed by atoms with Crippen LogP contribution in [0.4, 0.5) is 10.5 Å². The van der Waals surface area contributed by atoms with E-state index in [0.29, 0.717) is 11.4 Å². The molecule has 7 nitrogen and oxygen atoms in total. The van der Waals surface area contributed by atoms with Crippen molar-refractivity contribution in [3.63, 3.8) is 0 Å². The number of ether oxygens (including phenoxy) is 1. The first kappa shape index (κ1) is 16.8. The van der Waals surface area contributed by atoms with Crippen LogP contribution < -0.4 is 10.1 Å². The van der Waals surface area contributed by atoms with Gasteiger partial charge in [0.05, 0.1) is 12.1 Å². The van der Waals surface area contributed by atoms with Crippen molar-refractivity contribution in [1.29, 1.82) is 0 Å². The van der Waals surface area contributed by atoms with Gasteiger partial charge in [-0.3, -0.25) is 0 Å². The Kier molecular flexibility index (Phi) is 5.54. The Labute approximate surface area is 123 Å². The maximum atomic E-state index is 11.9. The summed E-state index contributed by atoms with van der Waals surface area (Å²) in [5.41, 5.74) is -0.510. The lowest BCUT2D eigenvalue weighted by Gasteiger charge is -2.25. The number of amides is 2. The first-order chi connectivity index (χ1) is 9.67. The number of carboxylic acid groups (broad SMARTS) is 1. The molecular formula is C14H20N2O5. The van der Waals surface area contributed by atoms with E-state index in [1.807, 2.05) is 0 Å². The van der Waals surface area contributed by atoms with Gasteiger partial charge in [0.1, 0.15) is 5.75 Å². The summed E-state index contributed by atoms with van der Waals surface area (Å²) in [7, 11) is 1.57. The molecule has 0 saturated heterocycles. The second-order valence-electron chi connectivity index (χ2n) is 5.31. The van der Waals surface area contributed by atoms with Crippen LogP contribution in [0.15, 0.2) is 24.3 Å². The molecule has 2 amide bonds. The molecule has 1 aromatic carbocycles. The van der Waals surface area contributed by atoms with Gasteiger partial charge in [0.2, 0.25) is 0 Å². The van der Waals surface area contributed by atoms with E-state index >= 15 is 0 Å². The van der Waals surface area contributed by atoms with Gasteiger partial charge in [-0.15, -0.1) is 0 Å². The van der Waals surface area contributed by atoms with Crippen molar-refractivity contribution in [2.24, 2.45) is 0 Å². The fourth-order valence-electron chi connectivity index (χ4n) is 1.68. The molecule has 0 saturated carbocycles. The van der Waals surface area contributed by atoms with Crippen LogP contribution in [0.25, 0.3) is 0 Å². The van der Waals surface area contributed by atoms with Crippen molar-refractivity contribution in [2.75, 3.05) is 25.5 Å². The number of carboxylic acids is 1. The quantitative estimate of drug-likeness (QED) is 0.736. The smallest absolute Gasteiger partial charge is 0.341 e. The molecule has 7 heteroatoms. The second-order valence-corrected chi connectivity index (χ2v) is 5.31. The van der Waals surface area contributed by atoms with Gasteiger partial charge in [0.15, 0.2) is 6.61 Å². The molecule has 0 radical (unpaired) electrons. The Bertz CT molecular complexity index is 510. The van der Waals surface area contributed by atoms with Crippen LogP contribution >= 0.6 is 0 Å². The van der Waals surface area contributed by atoms with E-state index in [2.05, 4.69) is 5.32 Å². The number of rotatable bonds is 6. The standard InChI is InChI=1S/C14H20N2O5/c1-14(2,20)9-16(3)13(19)15-10-5-4-6-11(7-10)21-8-12(17)18/h4-7,20H,8-9H2,1-3H3,(H,15,19)(H,17,18). The van der Waals surface area contributed by atoms with Crippen molar-refractivity contribution in [3.05, 3.63) is 24.3 Å². The lowest BCUT2D eigenvalue weighted by atomic mass is 10.1. The molecule has 0 bridgehead atoms. The molecular weight excluding hydrogens is 276 g/mol. The Balaban J connectivity index is 2.63. The summed E-state index contributed by atoms with van der Waals surface area (Å²) >= 11 is 0. The first-order valence-corrected chi connectivity index (χ1v) is 6.36. The Morgan fingerprint density at radius 1 is 1.38 bits per heavy atom. The van der Waals surface area contributed by atoms with Gasteiger partial charge in [-0.05, 0) is 26.0 Å². The molecule has 116 valence electrons. The highest BCUT2D eigenvalue weighted by atomic mass is 16.5. The normalized spacial score (nSPS) is 10.9. The average molecular weight is 296 g/mol. The van der Waals surface area contributed by atoms with Crippen molar-refractivity contribution in [3.8, 4) is 5.75 Å². The molecule has 0 fully saturated rings. The van der Waals surface area contributed by atoms with Crippen molar-refractivity contribution < 1.29 is 24.5 Å². The van der Waals surface area contributed by atoms with E-state index in [9.17, 15) is 14.7 Å². The summed E-state index contributed by atoms with van der Waals surface area (Å²) in [6.07, 6.45) is 0. The van der Waals surface area contributed by atoms with Crippen LogP contribution in [0.2, 0.25) is 0 Å². The minimum atomic E-state index is -1.07. The number of likely N-dealkylation sites (N-methyl/N-ethyl adjacent to an activating group) is 1. The summed E-state index contributed by atoms with van der Waals surface area (Å²) in [6.45, 7) is 2.94. The molecule has 0 spiro atoms. The van der Waals surface area contributed by atoms with Crippen LogP contribution in [0, 0.1) is 0 Å².